The van der Waals surface area contributed by atoms with Gasteiger partial charge in [-0.1, -0.05) is 47.7 Å². The van der Waals surface area contributed by atoms with Gasteiger partial charge in [0.25, 0.3) is 0 Å². The summed E-state index contributed by atoms with van der Waals surface area (Å²) in [5.74, 6) is -0.803. The summed E-state index contributed by atoms with van der Waals surface area (Å²) in [4.78, 5) is 11.4. The zero-order valence-corrected chi connectivity index (χ0v) is 18.2. The van der Waals surface area contributed by atoms with Crippen LogP contribution in [0.2, 0.25) is 0 Å². The summed E-state index contributed by atoms with van der Waals surface area (Å²) in [5.41, 5.74) is 4.84. The summed E-state index contributed by atoms with van der Waals surface area (Å²) in [6.07, 6.45) is 3.70. The normalized spacial score (nSPS) is 16.3. The number of hydrogen-bond acceptors (Lipinski definition) is 4. The summed E-state index contributed by atoms with van der Waals surface area (Å²) in [6.45, 7) is 4.26. The Labute approximate surface area is 185 Å². The van der Waals surface area contributed by atoms with Gasteiger partial charge in [0, 0.05) is 28.7 Å². The van der Waals surface area contributed by atoms with Gasteiger partial charge in [-0.3, -0.25) is 4.79 Å². The number of para-hydroxylation sites is 1. The summed E-state index contributed by atoms with van der Waals surface area (Å²) < 4.78 is 4.18. The fraction of sp³-hybridized carbons (Fsp3) is 0.320. The maximum Gasteiger partial charge on any atom is 0.307 e. The highest BCUT2D eigenvalue weighted by Gasteiger charge is 2.27. The predicted octanol–water partition coefficient (Wildman–Crippen LogP) is 3.94. The molecule has 0 saturated heterocycles. The van der Waals surface area contributed by atoms with Crippen molar-refractivity contribution in [1.29, 1.82) is 0 Å². The highest BCUT2D eigenvalue weighted by Crippen LogP contribution is 2.35. The lowest BCUT2D eigenvalue weighted by Crippen LogP contribution is -2.24. The number of aliphatic hydroxyl groups is 1. The topological polar surface area (TPSA) is 93.2 Å². The van der Waals surface area contributed by atoms with Crippen LogP contribution in [0.25, 0.3) is 22.2 Å². The Morgan fingerprint density at radius 3 is 2.62 bits per heavy atom. The number of aromatic nitrogens is 4. The number of aliphatic carboxylic acids is 1. The minimum Gasteiger partial charge on any atom is -0.481 e. The Morgan fingerprint density at radius 2 is 1.91 bits per heavy atom. The van der Waals surface area contributed by atoms with Crippen molar-refractivity contribution >= 4 is 16.9 Å². The minimum atomic E-state index is -0.880. The average Bonchev–Trinajstić information content (AvgIpc) is 3.37. The Kier molecular flexibility index (Phi) is 4.86. The molecule has 164 valence electrons. The SMILES string of the molecule is CC(C)(O)c1ccc(-c2cn(C3CCc4c(CC(=O)O)c5ccccc5n4C3)nn2)cc1. The van der Waals surface area contributed by atoms with Crippen molar-refractivity contribution in [2.75, 3.05) is 0 Å². The number of hydrogen-bond donors (Lipinski definition) is 2. The smallest absolute Gasteiger partial charge is 0.307 e. The van der Waals surface area contributed by atoms with Crippen molar-refractivity contribution < 1.29 is 15.0 Å². The van der Waals surface area contributed by atoms with E-state index in [0.29, 0.717) is 0 Å². The molecule has 0 amide bonds. The van der Waals surface area contributed by atoms with Gasteiger partial charge in [0.15, 0.2) is 0 Å². The molecule has 2 N–H and O–H groups in total. The van der Waals surface area contributed by atoms with Crippen LogP contribution in [0.5, 0.6) is 0 Å². The lowest BCUT2D eigenvalue weighted by atomic mass is 9.97. The van der Waals surface area contributed by atoms with E-state index in [0.717, 1.165) is 58.4 Å². The molecule has 0 saturated carbocycles. The van der Waals surface area contributed by atoms with E-state index in [2.05, 4.69) is 20.9 Å². The highest BCUT2D eigenvalue weighted by molar-refractivity contribution is 5.89. The van der Waals surface area contributed by atoms with Crippen LogP contribution in [-0.4, -0.2) is 35.7 Å². The van der Waals surface area contributed by atoms with Crippen LogP contribution >= 0.6 is 0 Å². The van der Waals surface area contributed by atoms with E-state index in [4.69, 9.17) is 0 Å². The Bertz CT molecular complexity index is 1300. The molecular formula is C25H26N4O3. The first kappa shape index (κ1) is 20.5. The number of nitrogens with zero attached hydrogens (tertiary/aromatic N) is 4. The van der Waals surface area contributed by atoms with E-state index in [9.17, 15) is 15.0 Å². The van der Waals surface area contributed by atoms with Gasteiger partial charge in [-0.05, 0) is 43.9 Å². The number of fused-ring (bicyclic) bond motifs is 3. The summed E-state index contributed by atoms with van der Waals surface area (Å²) in [7, 11) is 0. The molecule has 0 radical (unpaired) electrons. The fourth-order valence-corrected chi connectivity index (χ4v) is 4.73. The van der Waals surface area contributed by atoms with E-state index < -0.39 is 11.6 Å². The molecule has 1 aliphatic heterocycles. The molecule has 0 aliphatic carbocycles. The van der Waals surface area contributed by atoms with Crippen LogP contribution in [-0.2, 0) is 29.8 Å². The number of carboxylic acids is 1. The molecule has 0 bridgehead atoms. The first-order valence-corrected chi connectivity index (χ1v) is 10.9. The van der Waals surface area contributed by atoms with Crippen molar-refractivity contribution in [2.45, 2.75) is 51.3 Å². The summed E-state index contributed by atoms with van der Waals surface area (Å²) in [6, 6.07) is 15.9. The van der Waals surface area contributed by atoms with Gasteiger partial charge in [0.05, 0.1) is 24.3 Å². The van der Waals surface area contributed by atoms with Gasteiger partial charge in [0.2, 0.25) is 0 Å². The zero-order chi connectivity index (χ0) is 22.5. The van der Waals surface area contributed by atoms with Crippen LogP contribution in [0, 0.1) is 0 Å². The van der Waals surface area contributed by atoms with Gasteiger partial charge < -0.3 is 14.8 Å². The third-order valence-electron chi connectivity index (χ3n) is 6.40. The Balaban J connectivity index is 1.44. The van der Waals surface area contributed by atoms with Crippen LogP contribution in [0.3, 0.4) is 0 Å². The molecular weight excluding hydrogens is 404 g/mol. The number of rotatable bonds is 5. The molecule has 7 heteroatoms. The molecule has 5 rings (SSSR count). The minimum absolute atomic E-state index is 0.0433. The second kappa shape index (κ2) is 7.60. The van der Waals surface area contributed by atoms with Crippen LogP contribution in [0.15, 0.2) is 54.7 Å². The average molecular weight is 431 g/mol. The molecule has 1 atom stereocenters. The zero-order valence-electron chi connectivity index (χ0n) is 18.2. The maximum atomic E-state index is 11.4. The lowest BCUT2D eigenvalue weighted by molar-refractivity contribution is -0.136. The van der Waals surface area contributed by atoms with Crippen LogP contribution in [0.1, 0.15) is 43.1 Å². The van der Waals surface area contributed by atoms with Gasteiger partial charge in [-0.2, -0.15) is 0 Å². The summed E-state index contributed by atoms with van der Waals surface area (Å²) in [5, 5.41) is 29.4. The lowest BCUT2D eigenvalue weighted by Gasteiger charge is -2.26. The maximum absolute atomic E-state index is 11.4. The van der Waals surface area contributed by atoms with E-state index in [1.807, 2.05) is 53.3 Å². The molecule has 0 spiro atoms. The summed E-state index contributed by atoms with van der Waals surface area (Å²) >= 11 is 0. The van der Waals surface area contributed by atoms with Crippen molar-refractivity contribution in [1.82, 2.24) is 19.6 Å². The quantitative estimate of drug-likeness (QED) is 0.500. The molecule has 7 nitrogen and oxygen atoms in total. The van der Waals surface area contributed by atoms with Crippen molar-refractivity contribution in [3.05, 3.63) is 71.5 Å². The van der Waals surface area contributed by atoms with Crippen molar-refractivity contribution in [2.24, 2.45) is 0 Å². The molecule has 1 aliphatic rings. The molecule has 2 aromatic carbocycles. The first-order valence-electron chi connectivity index (χ1n) is 10.9. The Morgan fingerprint density at radius 1 is 1.16 bits per heavy atom. The van der Waals surface area contributed by atoms with E-state index in [1.54, 1.807) is 13.8 Å². The third-order valence-corrected chi connectivity index (χ3v) is 6.40. The van der Waals surface area contributed by atoms with Crippen LogP contribution in [0.4, 0.5) is 0 Å². The van der Waals surface area contributed by atoms with Gasteiger partial charge in [0.1, 0.15) is 5.69 Å². The monoisotopic (exact) mass is 430 g/mol. The van der Waals surface area contributed by atoms with Gasteiger partial charge in [-0.25, -0.2) is 4.68 Å². The predicted molar refractivity (Wildman–Crippen MR) is 121 cm³/mol. The molecule has 0 fully saturated rings. The molecule has 2 aromatic heterocycles. The Hall–Kier alpha value is -3.45. The third kappa shape index (κ3) is 3.58. The van der Waals surface area contributed by atoms with Crippen molar-refractivity contribution in [3.8, 4) is 11.3 Å². The molecule has 4 aromatic rings. The van der Waals surface area contributed by atoms with Gasteiger partial charge >= 0.3 is 5.97 Å². The number of benzene rings is 2. The van der Waals surface area contributed by atoms with E-state index in [1.165, 1.54) is 0 Å². The van der Waals surface area contributed by atoms with Crippen molar-refractivity contribution in [3.63, 3.8) is 0 Å². The van der Waals surface area contributed by atoms with E-state index >= 15 is 0 Å². The van der Waals surface area contributed by atoms with E-state index in [-0.39, 0.29) is 12.5 Å². The van der Waals surface area contributed by atoms with Gasteiger partial charge in [-0.15, -0.1) is 5.10 Å². The largest absolute Gasteiger partial charge is 0.481 e. The first-order chi connectivity index (χ1) is 15.3. The second-order valence-corrected chi connectivity index (χ2v) is 9.04. The standard InChI is InChI=1S/C25H26N4O3/c1-25(2,32)17-9-7-16(8-10-17)21-15-29(27-26-21)18-11-12-23-20(13-24(30)31)19-5-3-4-6-22(19)28(23)14-18/h3-10,15,18,32H,11-14H2,1-2H3,(H,30,31). The number of carbonyl (C=O) groups is 1. The fourth-order valence-electron chi connectivity index (χ4n) is 4.73. The second-order valence-electron chi connectivity index (χ2n) is 9.04. The highest BCUT2D eigenvalue weighted by atomic mass is 16.4. The molecule has 32 heavy (non-hydrogen) atoms. The molecule has 3 heterocycles. The van der Waals surface area contributed by atoms with Crippen LogP contribution < -0.4 is 0 Å². The molecule has 1 unspecified atom stereocenters. The number of carboxylic acid groups (broad SMARTS) is 1.